The number of carbonyl (C=O) groups is 1. The van der Waals surface area contributed by atoms with Crippen LogP contribution in [0.3, 0.4) is 0 Å². The van der Waals surface area contributed by atoms with Gasteiger partial charge in [0.05, 0.1) is 12.5 Å². The highest BCUT2D eigenvalue weighted by Gasteiger charge is 2.11. The molecule has 0 spiro atoms. The van der Waals surface area contributed by atoms with Gasteiger partial charge in [-0.3, -0.25) is 4.79 Å². The van der Waals surface area contributed by atoms with E-state index in [4.69, 9.17) is 4.42 Å². The molecule has 1 amide bonds. The summed E-state index contributed by atoms with van der Waals surface area (Å²) in [5.41, 5.74) is 1.52. The van der Waals surface area contributed by atoms with Crippen molar-refractivity contribution in [1.29, 1.82) is 0 Å². The Morgan fingerprint density at radius 1 is 1.14 bits per heavy atom. The molecule has 3 rings (SSSR count). The topological polar surface area (TPSA) is 59.0 Å². The number of benzene rings is 1. The third kappa shape index (κ3) is 4.02. The van der Waals surface area contributed by atoms with E-state index in [9.17, 15) is 4.79 Å². The van der Waals surface area contributed by atoms with Crippen molar-refractivity contribution in [3.05, 3.63) is 67.3 Å². The predicted octanol–water partition coefficient (Wildman–Crippen LogP) is -0.728. The summed E-state index contributed by atoms with van der Waals surface area (Å²) >= 11 is 0. The van der Waals surface area contributed by atoms with Crippen LogP contribution in [0.15, 0.2) is 71.7 Å². The Bertz CT molecular complexity index is 713. The van der Waals surface area contributed by atoms with Crippen molar-refractivity contribution in [2.75, 3.05) is 5.32 Å². The number of rotatable bonds is 4. The average molecular weight is 360 g/mol. The van der Waals surface area contributed by atoms with Gasteiger partial charge in [-0.15, -0.1) is 0 Å². The van der Waals surface area contributed by atoms with E-state index >= 15 is 0 Å². The Morgan fingerprint density at radius 2 is 1.95 bits per heavy atom. The molecule has 5 nitrogen and oxygen atoms in total. The number of aromatic nitrogens is 2. The van der Waals surface area contributed by atoms with Gasteiger partial charge in [-0.2, -0.15) is 0 Å². The average Bonchev–Trinajstić information content (AvgIpc) is 3.03. The molecule has 0 aliphatic carbocycles. The molecule has 2 aromatic heterocycles. The van der Waals surface area contributed by atoms with Gasteiger partial charge in [0.25, 0.3) is 12.2 Å². The zero-order chi connectivity index (χ0) is 14.5. The molecule has 0 saturated heterocycles. The zero-order valence-electron chi connectivity index (χ0n) is 11.6. The number of hydrogen-bond acceptors (Lipinski definition) is 3. The quantitative estimate of drug-likeness (QED) is 0.625. The van der Waals surface area contributed by atoms with E-state index in [1.165, 1.54) is 0 Å². The largest absolute Gasteiger partial charge is 1.00 e. The van der Waals surface area contributed by atoms with Gasteiger partial charge in [-0.05, 0) is 29.2 Å². The van der Waals surface area contributed by atoms with E-state index in [1.54, 1.807) is 23.4 Å². The standard InChI is InChI=1S/C16H13N3O2.BrH/c20-16(18-13-5-2-1-3-6-13)11-19-9-8-14(17-12-19)15-7-4-10-21-15;/h1-10,12H,11H2;1H. The molecule has 0 bridgehead atoms. The van der Waals surface area contributed by atoms with Gasteiger partial charge < -0.3 is 26.7 Å². The van der Waals surface area contributed by atoms with Gasteiger partial charge in [0, 0.05) is 11.8 Å². The molecule has 1 N–H and O–H groups in total. The third-order valence-electron chi connectivity index (χ3n) is 2.93. The molecule has 6 heteroatoms. The van der Waals surface area contributed by atoms with Crippen LogP contribution in [0, 0.1) is 0 Å². The molecule has 112 valence electrons. The molecule has 0 saturated carbocycles. The lowest BCUT2D eigenvalue weighted by molar-refractivity contribution is -0.686. The van der Waals surface area contributed by atoms with Gasteiger partial charge in [-0.1, -0.05) is 18.2 Å². The summed E-state index contributed by atoms with van der Waals surface area (Å²) in [5, 5.41) is 2.83. The molecule has 0 atom stereocenters. The van der Waals surface area contributed by atoms with E-state index in [1.807, 2.05) is 48.5 Å². The van der Waals surface area contributed by atoms with Crippen molar-refractivity contribution in [2.45, 2.75) is 6.54 Å². The van der Waals surface area contributed by atoms with Crippen molar-refractivity contribution >= 4 is 11.6 Å². The summed E-state index contributed by atoms with van der Waals surface area (Å²) in [5.74, 6) is 0.606. The molecule has 0 aliphatic rings. The van der Waals surface area contributed by atoms with Crippen LogP contribution in [0.4, 0.5) is 5.69 Å². The molecular formula is C16H14BrN3O2. The van der Waals surface area contributed by atoms with Crippen molar-refractivity contribution < 1.29 is 30.8 Å². The summed E-state index contributed by atoms with van der Waals surface area (Å²) in [6, 6.07) is 14.8. The number of nitrogens with zero attached hydrogens (tertiary/aromatic N) is 2. The Kier molecular flexibility index (Phi) is 5.43. The molecule has 0 unspecified atom stereocenters. The maximum Gasteiger partial charge on any atom is 0.287 e. The van der Waals surface area contributed by atoms with Gasteiger partial charge in [-0.25, -0.2) is 4.57 Å². The van der Waals surface area contributed by atoms with Crippen LogP contribution in [-0.2, 0) is 11.3 Å². The van der Waals surface area contributed by atoms with Crippen LogP contribution in [0.25, 0.3) is 11.5 Å². The van der Waals surface area contributed by atoms with Crippen LogP contribution < -0.4 is 26.9 Å². The van der Waals surface area contributed by atoms with Crippen LogP contribution >= 0.6 is 0 Å². The molecule has 1 aromatic carbocycles. The number of halogens is 1. The zero-order valence-corrected chi connectivity index (χ0v) is 13.2. The van der Waals surface area contributed by atoms with Gasteiger partial charge >= 0.3 is 0 Å². The highest BCUT2D eigenvalue weighted by atomic mass is 79.9. The van der Waals surface area contributed by atoms with Crippen molar-refractivity contribution in [3.8, 4) is 11.5 Å². The second-order valence-electron chi connectivity index (χ2n) is 4.51. The van der Waals surface area contributed by atoms with Gasteiger partial charge in [0.15, 0.2) is 12.3 Å². The highest BCUT2D eigenvalue weighted by molar-refractivity contribution is 5.89. The molecule has 0 aliphatic heterocycles. The summed E-state index contributed by atoms with van der Waals surface area (Å²) < 4.78 is 6.98. The SMILES string of the molecule is O=C(C[n+]1ccc(-c2ccco2)nc1)Nc1ccccc1.[Br-]. The first-order chi connectivity index (χ1) is 10.3. The molecule has 0 radical (unpaired) electrons. The normalized spacial score (nSPS) is 9.82. The number of anilines is 1. The monoisotopic (exact) mass is 359 g/mol. The number of amides is 1. The molecular weight excluding hydrogens is 346 g/mol. The third-order valence-corrected chi connectivity index (χ3v) is 2.93. The Balaban J connectivity index is 0.00000176. The summed E-state index contributed by atoms with van der Waals surface area (Å²) in [4.78, 5) is 16.2. The molecule has 22 heavy (non-hydrogen) atoms. The maximum absolute atomic E-state index is 11.9. The number of hydrogen-bond donors (Lipinski definition) is 1. The minimum atomic E-state index is -0.0984. The fourth-order valence-corrected chi connectivity index (χ4v) is 1.94. The Morgan fingerprint density at radius 3 is 2.59 bits per heavy atom. The maximum atomic E-state index is 11.9. The fourth-order valence-electron chi connectivity index (χ4n) is 1.94. The smallest absolute Gasteiger partial charge is 0.287 e. The van der Waals surface area contributed by atoms with Gasteiger partial charge in [0.1, 0.15) is 0 Å². The summed E-state index contributed by atoms with van der Waals surface area (Å²) in [6.45, 7) is 0.209. The van der Waals surface area contributed by atoms with Crippen LogP contribution in [0.5, 0.6) is 0 Å². The lowest BCUT2D eigenvalue weighted by atomic mass is 10.3. The van der Waals surface area contributed by atoms with Crippen LogP contribution in [-0.4, -0.2) is 10.9 Å². The van der Waals surface area contributed by atoms with E-state index in [2.05, 4.69) is 10.3 Å². The van der Waals surface area contributed by atoms with Crippen molar-refractivity contribution in [3.63, 3.8) is 0 Å². The minimum absolute atomic E-state index is 0. The lowest BCUT2D eigenvalue weighted by Crippen LogP contribution is -3.00. The van der Waals surface area contributed by atoms with Crippen LogP contribution in [0.2, 0.25) is 0 Å². The highest BCUT2D eigenvalue weighted by Crippen LogP contribution is 2.14. The Labute approximate surface area is 138 Å². The summed E-state index contributed by atoms with van der Waals surface area (Å²) in [7, 11) is 0. The molecule has 2 heterocycles. The van der Waals surface area contributed by atoms with Crippen molar-refractivity contribution in [2.24, 2.45) is 0 Å². The second kappa shape index (κ2) is 7.51. The van der Waals surface area contributed by atoms with Crippen LogP contribution in [0.1, 0.15) is 0 Å². The number of nitrogens with one attached hydrogen (secondary N) is 1. The number of para-hydroxylation sites is 1. The minimum Gasteiger partial charge on any atom is -1.00 e. The number of furan rings is 1. The Hall–Kier alpha value is -2.47. The van der Waals surface area contributed by atoms with Crippen molar-refractivity contribution in [1.82, 2.24) is 4.98 Å². The molecule has 3 aromatic rings. The fraction of sp³-hybridized carbons (Fsp3) is 0.0625. The first-order valence-electron chi connectivity index (χ1n) is 6.55. The van der Waals surface area contributed by atoms with E-state index < -0.39 is 0 Å². The summed E-state index contributed by atoms with van der Waals surface area (Å²) in [6.07, 6.45) is 5.02. The molecule has 0 fully saturated rings. The second-order valence-corrected chi connectivity index (χ2v) is 4.51. The van der Waals surface area contributed by atoms with Gasteiger partial charge in [0.2, 0.25) is 5.69 Å². The number of carbonyl (C=O) groups excluding carboxylic acids is 1. The first kappa shape index (κ1) is 15.9. The predicted molar refractivity (Wildman–Crippen MR) is 77.2 cm³/mol. The van der Waals surface area contributed by atoms with E-state index in [0.717, 1.165) is 11.4 Å². The van der Waals surface area contributed by atoms with E-state index in [0.29, 0.717) is 5.76 Å². The van der Waals surface area contributed by atoms with E-state index in [-0.39, 0.29) is 29.4 Å². The lowest BCUT2D eigenvalue weighted by Gasteiger charge is -2.03. The first-order valence-corrected chi connectivity index (χ1v) is 6.55.